The standard InChI is InChI=1S/C13H10ClN3O3/c14-10-7-8(5-6-11(10)17(18)19)20-12-4-2-1-3-9(12)13(15)16/h1-7H,(H3,15,16). The van der Waals surface area contributed by atoms with Crippen LogP contribution in [0.2, 0.25) is 5.02 Å². The molecule has 2 rings (SSSR count). The number of nitrogens with zero attached hydrogens (tertiary/aromatic N) is 1. The maximum absolute atomic E-state index is 10.7. The second-order valence-corrected chi connectivity index (χ2v) is 4.29. The van der Waals surface area contributed by atoms with Crippen LogP contribution in [0.25, 0.3) is 0 Å². The van der Waals surface area contributed by atoms with E-state index >= 15 is 0 Å². The summed E-state index contributed by atoms with van der Waals surface area (Å²) in [6.45, 7) is 0. The predicted molar refractivity (Wildman–Crippen MR) is 75.6 cm³/mol. The second-order valence-electron chi connectivity index (χ2n) is 3.88. The third-order valence-electron chi connectivity index (χ3n) is 2.52. The van der Waals surface area contributed by atoms with E-state index in [1.807, 2.05) is 0 Å². The molecular formula is C13H10ClN3O3. The van der Waals surface area contributed by atoms with E-state index < -0.39 is 4.92 Å². The van der Waals surface area contributed by atoms with E-state index in [0.29, 0.717) is 17.1 Å². The van der Waals surface area contributed by atoms with Crippen molar-refractivity contribution in [2.24, 2.45) is 5.73 Å². The molecule has 0 amide bonds. The molecule has 2 aromatic rings. The van der Waals surface area contributed by atoms with E-state index in [1.165, 1.54) is 18.2 Å². The number of nitrogens with one attached hydrogen (secondary N) is 1. The molecule has 0 atom stereocenters. The number of nitrogen functional groups attached to an aromatic ring is 1. The Bertz CT molecular complexity index is 688. The molecule has 20 heavy (non-hydrogen) atoms. The number of nitro groups is 1. The number of hydrogen-bond donors (Lipinski definition) is 2. The number of benzene rings is 2. The van der Waals surface area contributed by atoms with Gasteiger partial charge >= 0.3 is 0 Å². The summed E-state index contributed by atoms with van der Waals surface area (Å²) in [5.74, 6) is 0.577. The van der Waals surface area contributed by atoms with Gasteiger partial charge in [-0.05, 0) is 18.2 Å². The average molecular weight is 292 g/mol. The van der Waals surface area contributed by atoms with Gasteiger partial charge in [-0.3, -0.25) is 15.5 Å². The number of rotatable bonds is 4. The molecule has 0 unspecified atom stereocenters. The summed E-state index contributed by atoms with van der Waals surface area (Å²) >= 11 is 5.80. The van der Waals surface area contributed by atoms with Gasteiger partial charge in [0.1, 0.15) is 22.4 Å². The van der Waals surface area contributed by atoms with Crippen LogP contribution in [0.3, 0.4) is 0 Å². The fourth-order valence-electron chi connectivity index (χ4n) is 1.60. The Balaban J connectivity index is 2.34. The van der Waals surface area contributed by atoms with Gasteiger partial charge in [0, 0.05) is 12.1 Å². The molecular weight excluding hydrogens is 282 g/mol. The third kappa shape index (κ3) is 2.86. The normalized spacial score (nSPS) is 10.1. The molecule has 0 saturated carbocycles. The Kier molecular flexibility index (Phi) is 3.86. The lowest BCUT2D eigenvalue weighted by Gasteiger charge is -2.10. The van der Waals surface area contributed by atoms with E-state index in [2.05, 4.69) is 0 Å². The number of nitrogens with two attached hydrogens (primary N) is 1. The second kappa shape index (κ2) is 5.58. The molecule has 7 heteroatoms. The van der Waals surface area contributed by atoms with Crippen LogP contribution in [0.5, 0.6) is 11.5 Å². The van der Waals surface area contributed by atoms with Gasteiger partial charge in [0.15, 0.2) is 0 Å². The summed E-state index contributed by atoms with van der Waals surface area (Å²) in [6.07, 6.45) is 0. The zero-order chi connectivity index (χ0) is 14.7. The Morgan fingerprint density at radius 3 is 2.60 bits per heavy atom. The minimum absolute atomic E-state index is 0.0205. The zero-order valence-electron chi connectivity index (χ0n) is 10.2. The van der Waals surface area contributed by atoms with Crippen LogP contribution in [0.1, 0.15) is 5.56 Å². The first-order chi connectivity index (χ1) is 9.49. The van der Waals surface area contributed by atoms with Crippen LogP contribution in [0.15, 0.2) is 42.5 Å². The number of hydrogen-bond acceptors (Lipinski definition) is 4. The molecule has 0 aromatic heterocycles. The maximum Gasteiger partial charge on any atom is 0.288 e. The van der Waals surface area contributed by atoms with E-state index in [4.69, 9.17) is 27.5 Å². The van der Waals surface area contributed by atoms with Crippen molar-refractivity contribution in [1.82, 2.24) is 0 Å². The van der Waals surface area contributed by atoms with Crippen molar-refractivity contribution in [1.29, 1.82) is 5.41 Å². The van der Waals surface area contributed by atoms with Crippen LogP contribution in [-0.2, 0) is 0 Å². The summed E-state index contributed by atoms with van der Waals surface area (Å²) in [4.78, 5) is 10.1. The van der Waals surface area contributed by atoms with Crippen molar-refractivity contribution >= 4 is 23.1 Å². The van der Waals surface area contributed by atoms with Crippen LogP contribution in [0, 0.1) is 15.5 Å². The van der Waals surface area contributed by atoms with Gasteiger partial charge in [0.05, 0.1) is 10.5 Å². The molecule has 6 nitrogen and oxygen atoms in total. The molecule has 0 saturated heterocycles. The Morgan fingerprint density at radius 2 is 2.00 bits per heavy atom. The van der Waals surface area contributed by atoms with Crippen molar-refractivity contribution in [3.05, 3.63) is 63.2 Å². The number of halogens is 1. The number of para-hydroxylation sites is 1. The van der Waals surface area contributed by atoms with Gasteiger partial charge in [-0.25, -0.2) is 0 Å². The Hall–Kier alpha value is -2.60. The lowest BCUT2D eigenvalue weighted by atomic mass is 10.2. The quantitative estimate of drug-likeness (QED) is 0.390. The van der Waals surface area contributed by atoms with Crippen molar-refractivity contribution in [3.8, 4) is 11.5 Å². The maximum atomic E-state index is 10.7. The van der Waals surface area contributed by atoms with Crippen molar-refractivity contribution in [2.75, 3.05) is 0 Å². The van der Waals surface area contributed by atoms with E-state index in [-0.39, 0.29) is 16.5 Å². The highest BCUT2D eigenvalue weighted by Gasteiger charge is 2.14. The third-order valence-corrected chi connectivity index (χ3v) is 2.82. The summed E-state index contributed by atoms with van der Waals surface area (Å²) < 4.78 is 5.56. The predicted octanol–water partition coefficient (Wildman–Crippen LogP) is 3.32. The smallest absolute Gasteiger partial charge is 0.288 e. The van der Waals surface area contributed by atoms with Crippen LogP contribution >= 0.6 is 11.6 Å². The highest BCUT2D eigenvalue weighted by atomic mass is 35.5. The summed E-state index contributed by atoms with van der Waals surface area (Å²) in [6, 6.07) is 10.8. The first-order valence-electron chi connectivity index (χ1n) is 5.54. The van der Waals surface area contributed by atoms with Crippen molar-refractivity contribution < 1.29 is 9.66 Å². The SMILES string of the molecule is N=C(N)c1ccccc1Oc1ccc([N+](=O)[O-])c(Cl)c1. The lowest BCUT2D eigenvalue weighted by Crippen LogP contribution is -2.12. The molecule has 0 aliphatic rings. The Morgan fingerprint density at radius 1 is 1.30 bits per heavy atom. The molecule has 0 aliphatic carbocycles. The zero-order valence-corrected chi connectivity index (χ0v) is 10.9. The highest BCUT2D eigenvalue weighted by molar-refractivity contribution is 6.32. The van der Waals surface area contributed by atoms with E-state index in [0.717, 1.165) is 0 Å². The van der Waals surface area contributed by atoms with Crippen LogP contribution in [0.4, 0.5) is 5.69 Å². The minimum atomic E-state index is -0.574. The van der Waals surface area contributed by atoms with Crippen molar-refractivity contribution in [3.63, 3.8) is 0 Å². The molecule has 0 heterocycles. The minimum Gasteiger partial charge on any atom is -0.457 e. The van der Waals surface area contributed by atoms with Gasteiger partial charge < -0.3 is 10.5 Å². The fraction of sp³-hybridized carbons (Fsp3) is 0. The summed E-state index contributed by atoms with van der Waals surface area (Å²) in [7, 11) is 0. The molecule has 2 aromatic carbocycles. The monoisotopic (exact) mass is 291 g/mol. The molecule has 0 spiro atoms. The summed E-state index contributed by atoms with van der Waals surface area (Å²) in [5, 5.41) is 18.1. The first kappa shape index (κ1) is 13.8. The molecule has 0 bridgehead atoms. The number of amidine groups is 1. The number of ether oxygens (including phenoxy) is 1. The largest absolute Gasteiger partial charge is 0.457 e. The highest BCUT2D eigenvalue weighted by Crippen LogP contribution is 2.31. The molecule has 0 fully saturated rings. The molecule has 0 radical (unpaired) electrons. The van der Waals surface area contributed by atoms with Gasteiger partial charge in [-0.1, -0.05) is 23.7 Å². The molecule has 102 valence electrons. The van der Waals surface area contributed by atoms with Gasteiger partial charge in [0.25, 0.3) is 5.69 Å². The average Bonchev–Trinajstić information content (AvgIpc) is 2.38. The van der Waals surface area contributed by atoms with E-state index in [1.54, 1.807) is 24.3 Å². The van der Waals surface area contributed by atoms with Crippen molar-refractivity contribution in [2.45, 2.75) is 0 Å². The first-order valence-corrected chi connectivity index (χ1v) is 5.92. The molecule has 0 aliphatic heterocycles. The van der Waals surface area contributed by atoms with E-state index in [9.17, 15) is 10.1 Å². The molecule has 3 N–H and O–H groups in total. The fourth-order valence-corrected chi connectivity index (χ4v) is 1.84. The topological polar surface area (TPSA) is 102 Å². The Labute approximate surface area is 119 Å². The summed E-state index contributed by atoms with van der Waals surface area (Å²) in [5.41, 5.74) is 5.69. The van der Waals surface area contributed by atoms with Gasteiger partial charge in [-0.15, -0.1) is 0 Å². The lowest BCUT2D eigenvalue weighted by molar-refractivity contribution is -0.384. The van der Waals surface area contributed by atoms with Gasteiger partial charge in [-0.2, -0.15) is 0 Å². The van der Waals surface area contributed by atoms with Crippen LogP contribution < -0.4 is 10.5 Å². The van der Waals surface area contributed by atoms with Crippen LogP contribution in [-0.4, -0.2) is 10.8 Å². The number of nitro benzene ring substituents is 1. The van der Waals surface area contributed by atoms with Gasteiger partial charge in [0.2, 0.25) is 0 Å².